The van der Waals surface area contributed by atoms with Crippen LogP contribution in [0.1, 0.15) is 130 Å². The van der Waals surface area contributed by atoms with Crippen LogP contribution in [0.2, 0.25) is 36.3 Å². The van der Waals surface area contributed by atoms with Crippen molar-refractivity contribution in [2.75, 3.05) is 79.6 Å². The fourth-order valence-corrected chi connectivity index (χ4v) is 13.8. The van der Waals surface area contributed by atoms with Gasteiger partial charge in [0, 0.05) is 64.1 Å². The van der Waals surface area contributed by atoms with Crippen molar-refractivity contribution in [1.82, 2.24) is 0 Å². The summed E-state index contributed by atoms with van der Waals surface area (Å²) in [5.41, 5.74) is 2.18. The summed E-state index contributed by atoms with van der Waals surface area (Å²) in [5, 5.41) is 12.8. The molecule has 2 aliphatic heterocycles. The molecule has 0 saturated heterocycles. The first kappa shape index (κ1) is 73.5. The third kappa shape index (κ3) is 20.7. The van der Waals surface area contributed by atoms with Gasteiger partial charge in [-0.25, -0.2) is 0 Å². The maximum atomic E-state index is 12.3. The van der Waals surface area contributed by atoms with Gasteiger partial charge in [-0.15, -0.1) is 23.5 Å². The van der Waals surface area contributed by atoms with Crippen LogP contribution in [0, 0.1) is 23.7 Å². The van der Waals surface area contributed by atoms with E-state index in [0.717, 1.165) is 103 Å². The van der Waals surface area contributed by atoms with Gasteiger partial charge in [0.1, 0.15) is 36.2 Å². The molecule has 4 aromatic carbocycles. The Morgan fingerprint density at radius 1 is 0.580 bits per heavy atom. The van der Waals surface area contributed by atoms with Crippen LogP contribution < -0.4 is 18.9 Å². The molecule has 0 amide bonds. The van der Waals surface area contributed by atoms with Gasteiger partial charge in [-0.1, -0.05) is 123 Å². The zero-order valence-electron chi connectivity index (χ0n) is 51.1. The number of ether oxygens (including phenoxy) is 6. The molecule has 4 aromatic rings. The van der Waals surface area contributed by atoms with Gasteiger partial charge in [0.15, 0.2) is 22.2 Å². The monoisotopic (exact) mass is 1460 g/mol. The van der Waals surface area contributed by atoms with Crippen LogP contribution in [-0.2, 0) is 44.9 Å². The van der Waals surface area contributed by atoms with Gasteiger partial charge in [-0.05, 0) is 140 Å². The number of methoxy groups -OCH3 is 4. The first-order valence-corrected chi connectivity index (χ1v) is 53.9. The number of hydrogen-bond acceptors (Lipinski definition) is 11. The number of aliphatic hydroxyl groups is 1. The Bertz CT molecular complexity index is 2640. The summed E-state index contributed by atoms with van der Waals surface area (Å²) in [5.74, 6) is 18.3. The third-order valence-electron chi connectivity index (χ3n) is 16.3. The average molecular weight is 1460 g/mol. The molecular weight excluding hydrogens is 1360 g/mol. The fraction of sp³-hybridized carbons (Fsp3) is 0.569. The summed E-state index contributed by atoms with van der Waals surface area (Å²) in [6, 6.07) is 28.5. The molecule has 2 aliphatic rings. The number of benzene rings is 4. The summed E-state index contributed by atoms with van der Waals surface area (Å²) in [6.45, 7) is 31.1. The molecule has 0 saturated carbocycles. The predicted octanol–water partition coefficient (Wildman–Crippen LogP) is 17.6. The van der Waals surface area contributed by atoms with E-state index >= 15 is 0 Å². The van der Waals surface area contributed by atoms with Crippen molar-refractivity contribution in [3.8, 4) is 46.7 Å². The SMILES string of the molecule is C.COc1ccc(C2(C)CSc3cc(OC)ccc3C2(O)C#CCOCCCCCO[Si](C)(C)C(C)(C)C)cc1.COc1ccc([C@@]2(C)CSc3cc(OC)ccc3[C@H]2C#CCOCCCCCO[Si](C)(C)C(C)(C)C)cc1.[I][Zn][I]. The van der Waals surface area contributed by atoms with E-state index in [0.29, 0.717) is 19.0 Å². The molecule has 9 nitrogen and oxygen atoms in total. The molecule has 0 bridgehead atoms. The van der Waals surface area contributed by atoms with Crippen molar-refractivity contribution >= 4 is 79.7 Å². The van der Waals surface area contributed by atoms with E-state index in [1.54, 1.807) is 40.2 Å². The second-order valence-corrected chi connectivity index (χ2v) is 59.0. The van der Waals surface area contributed by atoms with Crippen LogP contribution in [0.15, 0.2) is 94.7 Å². The molecule has 446 valence electrons. The maximum absolute atomic E-state index is 12.3. The normalized spacial score (nSPS) is 19.3. The fourth-order valence-electron chi connectivity index (χ4n) is 8.85. The second kappa shape index (κ2) is 34.5. The Morgan fingerprint density at radius 3 is 1.48 bits per heavy atom. The number of halogens is 2. The molecule has 6 rings (SSSR count). The van der Waals surface area contributed by atoms with Crippen molar-refractivity contribution < 1.29 is 52.5 Å². The quantitative estimate of drug-likeness (QED) is 0.0353. The van der Waals surface area contributed by atoms with E-state index in [4.69, 9.17) is 37.3 Å². The van der Waals surface area contributed by atoms with Crippen LogP contribution in [0.4, 0.5) is 0 Å². The number of unbranched alkanes of at least 4 members (excludes halogenated alkanes) is 4. The summed E-state index contributed by atoms with van der Waals surface area (Å²) < 4.78 is 45.9. The third-order valence-corrected chi connectivity index (χ3v) is 28.2. The van der Waals surface area contributed by atoms with Crippen molar-refractivity contribution in [2.24, 2.45) is 0 Å². The molecule has 0 aliphatic carbocycles. The van der Waals surface area contributed by atoms with E-state index in [-0.39, 0.29) is 45.5 Å². The van der Waals surface area contributed by atoms with Gasteiger partial charge < -0.3 is 42.4 Å². The van der Waals surface area contributed by atoms with Gasteiger partial charge in [-0.2, -0.15) is 0 Å². The van der Waals surface area contributed by atoms with E-state index in [1.807, 2.05) is 72.4 Å². The Labute approximate surface area is 530 Å². The molecule has 0 radical (unpaired) electrons. The van der Waals surface area contributed by atoms with E-state index in [2.05, 4.69) is 169 Å². The molecule has 0 spiro atoms. The van der Waals surface area contributed by atoms with Crippen LogP contribution >= 0.6 is 63.0 Å². The second-order valence-electron chi connectivity index (χ2n) is 23.9. The Hall–Kier alpha value is -1.78. The molecule has 16 heteroatoms. The molecule has 2 heterocycles. The summed E-state index contributed by atoms with van der Waals surface area (Å²) >= 11 is 8.51. The minimum atomic E-state index is -1.67. The van der Waals surface area contributed by atoms with Crippen molar-refractivity contribution in [2.45, 2.75) is 170 Å². The molecule has 1 N–H and O–H groups in total. The van der Waals surface area contributed by atoms with Crippen molar-refractivity contribution in [3.63, 3.8) is 0 Å². The van der Waals surface area contributed by atoms with E-state index < -0.39 is 27.7 Å². The zero-order chi connectivity index (χ0) is 59.3. The standard InChI is InChI=1S/C32H46O5SSi.C32H46O4SSi.CH4.2HI.Zn/c1-30(2,3)39(7,8)37-22-11-9-10-20-36-21-12-19-32(33)28-18-17-27(35-6)23-29(28)38-24-31(32,4)25-13-15-26(34-5)16-14-25;1-31(2,3)38(7,8)36-22-11-9-10-20-35-21-12-13-29-28-19-18-27(34-6)23-30(28)37-24-32(29,4)25-14-16-26(33-5)17-15-25;;;;/h13-18,23,33H,9-11,20-22,24H2,1-8H3;14-19,23,29H,9-11,20-22,24H2,1-8H3;1H4;2*1H;/q;;;;;+2/p-2/t;29-,32-;;;;/m.1..../s1. The number of thioether (sulfide) groups is 2. The topological polar surface area (TPSA) is 94.1 Å². The Morgan fingerprint density at radius 2 is 1.00 bits per heavy atom. The van der Waals surface area contributed by atoms with Crippen molar-refractivity contribution in [1.29, 1.82) is 0 Å². The van der Waals surface area contributed by atoms with Crippen LogP contribution in [0.3, 0.4) is 0 Å². The van der Waals surface area contributed by atoms with Crippen LogP contribution in [0.5, 0.6) is 23.0 Å². The first-order valence-electron chi connectivity index (χ1n) is 28.0. The number of fused-ring (bicyclic) bond motifs is 2. The van der Waals surface area contributed by atoms with Crippen LogP contribution in [-0.4, -0.2) is 101 Å². The molecule has 0 aromatic heterocycles. The van der Waals surface area contributed by atoms with E-state index in [1.165, 1.54) is 16.0 Å². The summed E-state index contributed by atoms with van der Waals surface area (Å²) in [7, 11) is 3.47. The molecule has 4 atom stereocenters. The number of rotatable bonds is 22. The zero-order valence-corrected chi connectivity index (χ0v) is 62.0. The van der Waals surface area contributed by atoms with Gasteiger partial charge in [-0.3, -0.25) is 0 Å². The van der Waals surface area contributed by atoms with Crippen LogP contribution in [0.25, 0.3) is 0 Å². The Kier molecular flexibility index (Phi) is 31.3. The van der Waals surface area contributed by atoms with E-state index in [9.17, 15) is 5.11 Å². The average Bonchev–Trinajstić information content (AvgIpc) is 3.43. The molecule has 0 fully saturated rings. The summed E-state index contributed by atoms with van der Waals surface area (Å²) in [4.78, 5) is 2.23. The van der Waals surface area contributed by atoms with Crippen molar-refractivity contribution in [3.05, 3.63) is 107 Å². The van der Waals surface area contributed by atoms with Gasteiger partial charge >= 0.3 is 49.6 Å². The summed E-state index contributed by atoms with van der Waals surface area (Å²) in [6.07, 6.45) is 6.31. The first-order chi connectivity index (χ1) is 37.8. The Balaban J connectivity index is 0.000000401. The van der Waals surface area contributed by atoms with Gasteiger partial charge in [0.25, 0.3) is 0 Å². The molecule has 2 unspecified atom stereocenters. The number of hydrogen-bond donors (Lipinski definition) is 1. The molecule has 81 heavy (non-hydrogen) atoms. The minimum absolute atomic E-state index is 0. The molecular formula is C65H96I2O9S2Si2Zn. The van der Waals surface area contributed by atoms with Gasteiger partial charge in [0.05, 0.1) is 34.4 Å². The van der Waals surface area contributed by atoms with Gasteiger partial charge in [0.2, 0.25) is 0 Å². The predicted molar refractivity (Wildman–Crippen MR) is 361 cm³/mol.